The van der Waals surface area contributed by atoms with E-state index in [0.717, 1.165) is 12.8 Å². The fourth-order valence-electron chi connectivity index (χ4n) is 1.35. The van der Waals surface area contributed by atoms with Gasteiger partial charge in [0.25, 0.3) is 5.56 Å². The molecule has 0 radical (unpaired) electrons. The van der Waals surface area contributed by atoms with Crippen molar-refractivity contribution in [3.63, 3.8) is 0 Å². The summed E-state index contributed by atoms with van der Waals surface area (Å²) in [4.78, 5) is 11.4. The molecule has 0 saturated carbocycles. The molecule has 15 heavy (non-hydrogen) atoms. The van der Waals surface area contributed by atoms with Gasteiger partial charge in [0, 0.05) is 18.2 Å². The van der Waals surface area contributed by atoms with Crippen LogP contribution in [0.3, 0.4) is 0 Å². The Morgan fingerprint density at radius 3 is 2.93 bits per heavy atom. The molecule has 1 unspecified atom stereocenters. The number of nitrogens with two attached hydrogens (primary N) is 1. The van der Waals surface area contributed by atoms with Crippen molar-refractivity contribution in [3.05, 3.63) is 22.5 Å². The van der Waals surface area contributed by atoms with Crippen molar-refractivity contribution < 1.29 is 4.74 Å². The van der Waals surface area contributed by atoms with Gasteiger partial charge in [-0.25, -0.2) is 4.68 Å². The number of ether oxygens (including phenoxy) is 1. The molecular weight excluding hydrogens is 194 g/mol. The maximum atomic E-state index is 11.4. The van der Waals surface area contributed by atoms with Crippen molar-refractivity contribution in [2.45, 2.75) is 32.4 Å². The molecule has 0 bridgehead atoms. The van der Waals surface area contributed by atoms with E-state index in [1.165, 1.54) is 17.9 Å². The molecule has 0 aliphatic rings. The second-order valence-electron chi connectivity index (χ2n) is 3.44. The summed E-state index contributed by atoms with van der Waals surface area (Å²) in [5, 5.41) is 4.01. The predicted molar refractivity (Wildman–Crippen MR) is 57.9 cm³/mol. The van der Waals surface area contributed by atoms with E-state index in [-0.39, 0.29) is 11.6 Å². The van der Waals surface area contributed by atoms with Crippen LogP contribution in [-0.2, 0) is 6.54 Å². The molecule has 1 atom stereocenters. The van der Waals surface area contributed by atoms with Gasteiger partial charge in [-0.05, 0) is 6.42 Å². The third-order valence-corrected chi connectivity index (χ3v) is 2.12. The van der Waals surface area contributed by atoms with Gasteiger partial charge in [0.15, 0.2) is 0 Å². The molecule has 1 heterocycles. The Hall–Kier alpha value is -1.36. The highest BCUT2D eigenvalue weighted by atomic mass is 16.5. The molecule has 2 N–H and O–H groups in total. The molecule has 0 aliphatic carbocycles. The van der Waals surface area contributed by atoms with Gasteiger partial charge < -0.3 is 10.5 Å². The first-order valence-corrected chi connectivity index (χ1v) is 5.05. The molecule has 1 rings (SSSR count). The summed E-state index contributed by atoms with van der Waals surface area (Å²) in [6.07, 6.45) is 1.88. The first-order chi connectivity index (χ1) is 7.17. The Kier molecular flexibility index (Phi) is 4.30. The molecule has 84 valence electrons. The molecular formula is C10H17N3O2. The second kappa shape index (κ2) is 5.50. The fourth-order valence-corrected chi connectivity index (χ4v) is 1.35. The van der Waals surface area contributed by atoms with Crippen molar-refractivity contribution >= 4 is 0 Å². The Labute approximate surface area is 88.9 Å². The minimum atomic E-state index is -0.151. The van der Waals surface area contributed by atoms with Crippen LogP contribution in [0.25, 0.3) is 0 Å². The van der Waals surface area contributed by atoms with E-state index >= 15 is 0 Å². The summed E-state index contributed by atoms with van der Waals surface area (Å²) in [7, 11) is 1.52. The average molecular weight is 211 g/mol. The van der Waals surface area contributed by atoms with Crippen LogP contribution >= 0.6 is 0 Å². The largest absolute Gasteiger partial charge is 0.480 e. The fraction of sp³-hybridized carbons (Fsp3) is 0.600. The highest BCUT2D eigenvalue weighted by Gasteiger charge is 2.06. The van der Waals surface area contributed by atoms with Crippen LogP contribution in [0.4, 0.5) is 0 Å². The average Bonchev–Trinajstić information content (AvgIpc) is 2.21. The normalized spacial score (nSPS) is 12.5. The van der Waals surface area contributed by atoms with Crippen LogP contribution in [0.15, 0.2) is 16.9 Å². The second-order valence-corrected chi connectivity index (χ2v) is 3.44. The number of hydrogen-bond acceptors (Lipinski definition) is 4. The summed E-state index contributed by atoms with van der Waals surface area (Å²) < 4.78 is 6.29. The number of hydrogen-bond donors (Lipinski definition) is 1. The van der Waals surface area contributed by atoms with Crippen molar-refractivity contribution in [2.24, 2.45) is 5.73 Å². The van der Waals surface area contributed by atoms with Crippen molar-refractivity contribution in [1.29, 1.82) is 0 Å². The third kappa shape index (κ3) is 3.36. The monoisotopic (exact) mass is 211 g/mol. The first kappa shape index (κ1) is 11.7. The zero-order valence-corrected chi connectivity index (χ0v) is 9.14. The van der Waals surface area contributed by atoms with Crippen molar-refractivity contribution in [2.75, 3.05) is 7.11 Å². The lowest BCUT2D eigenvalue weighted by Crippen LogP contribution is -2.33. The molecule has 5 heteroatoms. The topological polar surface area (TPSA) is 70.1 Å². The Morgan fingerprint density at radius 2 is 2.33 bits per heavy atom. The van der Waals surface area contributed by atoms with Crippen molar-refractivity contribution in [3.8, 4) is 5.88 Å². The summed E-state index contributed by atoms with van der Waals surface area (Å²) in [5.74, 6) is 0.429. The highest BCUT2D eigenvalue weighted by Crippen LogP contribution is 2.01. The van der Waals surface area contributed by atoms with E-state index in [1.54, 1.807) is 6.07 Å². The molecule has 0 aromatic carbocycles. The molecule has 0 amide bonds. The van der Waals surface area contributed by atoms with Gasteiger partial charge in [0.2, 0.25) is 5.88 Å². The van der Waals surface area contributed by atoms with E-state index in [9.17, 15) is 4.79 Å². The van der Waals surface area contributed by atoms with Crippen LogP contribution < -0.4 is 16.0 Å². The van der Waals surface area contributed by atoms with Crippen LogP contribution in [0.2, 0.25) is 0 Å². The Balaban J connectivity index is 2.79. The van der Waals surface area contributed by atoms with Gasteiger partial charge in [-0.2, -0.15) is 0 Å². The summed E-state index contributed by atoms with van der Waals surface area (Å²) >= 11 is 0. The molecule has 1 aromatic heterocycles. The smallest absolute Gasteiger partial charge is 0.267 e. The standard InChI is InChI=1S/C10H17N3O2/c1-3-4-8(11)7-13-10(14)6-5-9(12-13)15-2/h5-6,8H,3-4,7,11H2,1-2H3. The maximum absolute atomic E-state index is 11.4. The van der Waals surface area contributed by atoms with Gasteiger partial charge in [0.05, 0.1) is 13.7 Å². The van der Waals surface area contributed by atoms with Gasteiger partial charge in [-0.15, -0.1) is 5.10 Å². The van der Waals surface area contributed by atoms with E-state index in [0.29, 0.717) is 12.4 Å². The first-order valence-electron chi connectivity index (χ1n) is 5.05. The number of aromatic nitrogens is 2. The van der Waals surface area contributed by atoms with Gasteiger partial charge in [0.1, 0.15) is 0 Å². The number of methoxy groups -OCH3 is 1. The Bertz CT molecular complexity index is 362. The molecule has 5 nitrogen and oxygen atoms in total. The summed E-state index contributed by atoms with van der Waals surface area (Å²) in [5.41, 5.74) is 5.69. The zero-order chi connectivity index (χ0) is 11.3. The Morgan fingerprint density at radius 1 is 1.60 bits per heavy atom. The lowest BCUT2D eigenvalue weighted by atomic mass is 10.2. The molecule has 0 spiro atoms. The van der Waals surface area contributed by atoms with Gasteiger partial charge >= 0.3 is 0 Å². The SMILES string of the molecule is CCCC(N)Cn1nc(OC)ccc1=O. The van der Waals surface area contributed by atoms with Gasteiger partial charge in [-0.3, -0.25) is 4.79 Å². The minimum absolute atomic E-state index is 0.0349. The lowest BCUT2D eigenvalue weighted by molar-refractivity contribution is 0.366. The van der Waals surface area contributed by atoms with Crippen LogP contribution in [0, 0.1) is 0 Å². The van der Waals surface area contributed by atoms with Gasteiger partial charge in [-0.1, -0.05) is 13.3 Å². The van der Waals surface area contributed by atoms with E-state index in [1.807, 2.05) is 0 Å². The highest BCUT2D eigenvalue weighted by molar-refractivity contribution is 5.06. The maximum Gasteiger partial charge on any atom is 0.267 e. The molecule has 0 saturated heterocycles. The van der Waals surface area contributed by atoms with E-state index in [4.69, 9.17) is 10.5 Å². The van der Waals surface area contributed by atoms with E-state index < -0.39 is 0 Å². The summed E-state index contributed by atoms with van der Waals surface area (Å²) in [6, 6.07) is 2.95. The quantitative estimate of drug-likeness (QED) is 0.764. The van der Waals surface area contributed by atoms with Crippen LogP contribution in [0.1, 0.15) is 19.8 Å². The van der Waals surface area contributed by atoms with Crippen LogP contribution in [0.5, 0.6) is 5.88 Å². The predicted octanol–water partition coefficient (Wildman–Crippen LogP) is 0.379. The molecule has 0 fully saturated rings. The lowest BCUT2D eigenvalue weighted by Gasteiger charge is -2.11. The number of nitrogens with zero attached hydrogens (tertiary/aromatic N) is 2. The minimum Gasteiger partial charge on any atom is -0.480 e. The van der Waals surface area contributed by atoms with Crippen LogP contribution in [-0.4, -0.2) is 22.9 Å². The third-order valence-electron chi connectivity index (χ3n) is 2.12. The number of rotatable bonds is 5. The van der Waals surface area contributed by atoms with E-state index in [2.05, 4.69) is 12.0 Å². The summed E-state index contributed by atoms with van der Waals surface area (Å²) in [6.45, 7) is 2.49. The molecule has 0 aliphatic heterocycles. The van der Waals surface area contributed by atoms with Crippen molar-refractivity contribution in [1.82, 2.24) is 9.78 Å². The zero-order valence-electron chi connectivity index (χ0n) is 9.14. The molecule has 1 aromatic rings.